The Hall–Kier alpha value is -1.84. The standard InChI is InChI=1S/C18H21NO2/c1-13(15-7-8-18-16(11-15)9-10-21-18)19-17(12-20)14-5-3-2-4-6-14/h2-8,11,13,17,19-20H,9-10,12H2,1H3. The highest BCUT2D eigenvalue weighted by Gasteiger charge is 2.17. The number of benzene rings is 2. The Kier molecular flexibility index (Phi) is 4.23. The lowest BCUT2D eigenvalue weighted by molar-refractivity contribution is 0.235. The summed E-state index contributed by atoms with van der Waals surface area (Å²) in [7, 11) is 0. The minimum atomic E-state index is -0.0503. The zero-order valence-corrected chi connectivity index (χ0v) is 12.3. The van der Waals surface area contributed by atoms with Gasteiger partial charge in [0, 0.05) is 12.5 Å². The van der Waals surface area contributed by atoms with Gasteiger partial charge in [0.15, 0.2) is 0 Å². The Bertz CT molecular complexity index is 597. The topological polar surface area (TPSA) is 41.5 Å². The SMILES string of the molecule is CC(NC(CO)c1ccccc1)c1ccc2c(c1)CCO2. The van der Waals surface area contributed by atoms with Crippen molar-refractivity contribution in [2.24, 2.45) is 0 Å². The maximum atomic E-state index is 9.65. The molecule has 1 heterocycles. The van der Waals surface area contributed by atoms with Crippen LogP contribution in [0.1, 0.15) is 35.7 Å². The van der Waals surface area contributed by atoms with E-state index in [-0.39, 0.29) is 18.7 Å². The van der Waals surface area contributed by atoms with E-state index in [1.54, 1.807) is 0 Å². The molecule has 3 heteroatoms. The fraction of sp³-hybridized carbons (Fsp3) is 0.333. The Balaban J connectivity index is 1.74. The molecule has 110 valence electrons. The highest BCUT2D eigenvalue weighted by atomic mass is 16.5. The van der Waals surface area contributed by atoms with Gasteiger partial charge in [-0.2, -0.15) is 0 Å². The van der Waals surface area contributed by atoms with Gasteiger partial charge < -0.3 is 15.2 Å². The van der Waals surface area contributed by atoms with E-state index in [1.165, 1.54) is 11.1 Å². The second-order valence-electron chi connectivity index (χ2n) is 5.50. The molecule has 0 saturated heterocycles. The third kappa shape index (κ3) is 3.09. The molecule has 3 nitrogen and oxygen atoms in total. The average molecular weight is 283 g/mol. The quantitative estimate of drug-likeness (QED) is 0.886. The number of hydrogen-bond acceptors (Lipinski definition) is 3. The van der Waals surface area contributed by atoms with Crippen LogP contribution < -0.4 is 10.1 Å². The van der Waals surface area contributed by atoms with E-state index in [0.29, 0.717) is 0 Å². The monoisotopic (exact) mass is 283 g/mol. The largest absolute Gasteiger partial charge is 0.493 e. The summed E-state index contributed by atoms with van der Waals surface area (Å²) in [5.41, 5.74) is 3.62. The van der Waals surface area contributed by atoms with Gasteiger partial charge in [0.2, 0.25) is 0 Å². The molecule has 2 unspecified atom stereocenters. The molecule has 0 aliphatic carbocycles. The summed E-state index contributed by atoms with van der Waals surface area (Å²) in [5.74, 6) is 1.01. The van der Waals surface area contributed by atoms with Crippen LogP contribution in [0.5, 0.6) is 5.75 Å². The highest BCUT2D eigenvalue weighted by molar-refractivity contribution is 5.40. The van der Waals surface area contributed by atoms with Crippen LogP contribution in [0.25, 0.3) is 0 Å². The molecule has 0 amide bonds. The van der Waals surface area contributed by atoms with Crippen LogP contribution in [0.4, 0.5) is 0 Å². The molecule has 2 aromatic carbocycles. The zero-order chi connectivity index (χ0) is 14.7. The number of nitrogens with one attached hydrogen (secondary N) is 1. The third-order valence-corrected chi connectivity index (χ3v) is 4.05. The van der Waals surface area contributed by atoms with Gasteiger partial charge in [-0.05, 0) is 29.7 Å². The molecule has 2 atom stereocenters. The zero-order valence-electron chi connectivity index (χ0n) is 12.3. The predicted octanol–water partition coefficient (Wildman–Crippen LogP) is 3.01. The van der Waals surface area contributed by atoms with Gasteiger partial charge in [0.25, 0.3) is 0 Å². The van der Waals surface area contributed by atoms with Crippen LogP contribution in [0.2, 0.25) is 0 Å². The van der Waals surface area contributed by atoms with Crippen molar-refractivity contribution in [3.8, 4) is 5.75 Å². The van der Waals surface area contributed by atoms with Crippen molar-refractivity contribution in [3.63, 3.8) is 0 Å². The van der Waals surface area contributed by atoms with Crippen molar-refractivity contribution < 1.29 is 9.84 Å². The lowest BCUT2D eigenvalue weighted by Crippen LogP contribution is -2.27. The first kappa shape index (κ1) is 14.1. The number of hydrogen-bond donors (Lipinski definition) is 2. The molecule has 3 rings (SSSR count). The second-order valence-corrected chi connectivity index (χ2v) is 5.50. The van der Waals surface area contributed by atoms with Gasteiger partial charge in [-0.15, -0.1) is 0 Å². The van der Waals surface area contributed by atoms with Crippen LogP contribution in [-0.2, 0) is 6.42 Å². The lowest BCUT2D eigenvalue weighted by Gasteiger charge is -2.23. The average Bonchev–Trinajstić information content (AvgIpc) is 3.00. The van der Waals surface area contributed by atoms with Crippen LogP contribution in [0, 0.1) is 0 Å². The van der Waals surface area contributed by atoms with Crippen LogP contribution in [0.3, 0.4) is 0 Å². The van der Waals surface area contributed by atoms with Gasteiger partial charge >= 0.3 is 0 Å². The van der Waals surface area contributed by atoms with Crippen molar-refractivity contribution in [3.05, 3.63) is 65.2 Å². The Morgan fingerprint density at radius 3 is 2.71 bits per heavy atom. The third-order valence-electron chi connectivity index (χ3n) is 4.05. The molecule has 1 aliphatic heterocycles. The lowest BCUT2D eigenvalue weighted by atomic mass is 10.0. The van der Waals surface area contributed by atoms with E-state index in [0.717, 1.165) is 24.3 Å². The molecule has 0 radical (unpaired) electrons. The number of ether oxygens (including phenoxy) is 1. The maximum absolute atomic E-state index is 9.65. The Morgan fingerprint density at radius 2 is 1.95 bits per heavy atom. The molecule has 2 N–H and O–H groups in total. The fourth-order valence-corrected chi connectivity index (χ4v) is 2.81. The van der Waals surface area contributed by atoms with Gasteiger partial charge in [0.05, 0.1) is 19.3 Å². The normalized spacial score (nSPS) is 16.1. The van der Waals surface area contributed by atoms with Crippen LogP contribution >= 0.6 is 0 Å². The highest BCUT2D eigenvalue weighted by Crippen LogP contribution is 2.29. The van der Waals surface area contributed by atoms with E-state index < -0.39 is 0 Å². The molecule has 21 heavy (non-hydrogen) atoms. The summed E-state index contributed by atoms with van der Waals surface area (Å²) in [6.45, 7) is 3.00. The predicted molar refractivity (Wildman–Crippen MR) is 83.5 cm³/mol. The van der Waals surface area contributed by atoms with Gasteiger partial charge in [-0.3, -0.25) is 0 Å². The van der Waals surface area contributed by atoms with Crippen LogP contribution in [0.15, 0.2) is 48.5 Å². The molecule has 0 bridgehead atoms. The minimum Gasteiger partial charge on any atom is -0.493 e. The molecule has 1 aliphatic rings. The van der Waals surface area contributed by atoms with Gasteiger partial charge in [0.1, 0.15) is 5.75 Å². The maximum Gasteiger partial charge on any atom is 0.122 e. The molecule has 2 aromatic rings. The first-order valence-corrected chi connectivity index (χ1v) is 7.45. The summed E-state index contributed by atoms with van der Waals surface area (Å²) in [4.78, 5) is 0. The molecule has 0 aromatic heterocycles. The van der Waals surface area contributed by atoms with Crippen molar-refractivity contribution >= 4 is 0 Å². The molecule has 0 spiro atoms. The molecule has 0 fully saturated rings. The number of aliphatic hydroxyl groups excluding tert-OH is 1. The molecular weight excluding hydrogens is 262 g/mol. The first-order valence-electron chi connectivity index (χ1n) is 7.45. The summed E-state index contributed by atoms with van der Waals surface area (Å²) in [6, 6.07) is 16.5. The van der Waals surface area contributed by atoms with Crippen molar-refractivity contribution in [1.29, 1.82) is 0 Å². The molecular formula is C18H21NO2. The van der Waals surface area contributed by atoms with Gasteiger partial charge in [-0.1, -0.05) is 42.5 Å². The fourth-order valence-electron chi connectivity index (χ4n) is 2.81. The Labute approximate surface area is 125 Å². The summed E-state index contributed by atoms with van der Waals surface area (Å²) >= 11 is 0. The van der Waals surface area contributed by atoms with E-state index in [1.807, 2.05) is 36.4 Å². The second kappa shape index (κ2) is 6.29. The van der Waals surface area contributed by atoms with E-state index in [9.17, 15) is 5.11 Å². The van der Waals surface area contributed by atoms with Crippen molar-refractivity contribution in [2.45, 2.75) is 25.4 Å². The van der Waals surface area contributed by atoms with E-state index in [4.69, 9.17) is 4.74 Å². The van der Waals surface area contributed by atoms with Crippen molar-refractivity contribution in [2.75, 3.05) is 13.2 Å². The smallest absolute Gasteiger partial charge is 0.122 e. The summed E-state index contributed by atoms with van der Waals surface area (Å²) < 4.78 is 5.54. The summed E-state index contributed by atoms with van der Waals surface area (Å²) in [6.07, 6.45) is 0.984. The summed E-state index contributed by atoms with van der Waals surface area (Å²) in [5, 5.41) is 13.1. The van der Waals surface area contributed by atoms with E-state index >= 15 is 0 Å². The first-order chi connectivity index (χ1) is 10.3. The molecule has 0 saturated carbocycles. The van der Waals surface area contributed by atoms with Gasteiger partial charge in [-0.25, -0.2) is 0 Å². The van der Waals surface area contributed by atoms with Crippen molar-refractivity contribution in [1.82, 2.24) is 5.32 Å². The Morgan fingerprint density at radius 1 is 1.14 bits per heavy atom. The number of rotatable bonds is 5. The number of aliphatic hydroxyl groups is 1. The van der Waals surface area contributed by atoms with E-state index in [2.05, 4.69) is 24.4 Å². The minimum absolute atomic E-state index is 0.0503. The number of fused-ring (bicyclic) bond motifs is 1. The van der Waals surface area contributed by atoms with Crippen LogP contribution in [-0.4, -0.2) is 18.3 Å².